The maximum absolute atomic E-state index is 12.3. The quantitative estimate of drug-likeness (QED) is 0.857. The number of likely N-dealkylation sites (N-methyl/N-ethyl adjacent to an activating group) is 1. The standard InChI is InChI=1S/C16H18N2OS/c1-2-18(12-14-5-3-4-10-17-14)16(19)11-13-6-8-15(20)9-7-13/h3-10,20H,2,11-12H2,1H3. The molecule has 1 aromatic carbocycles. The Morgan fingerprint density at radius 3 is 2.55 bits per heavy atom. The molecule has 0 aliphatic heterocycles. The number of carbonyl (C=O) groups is 1. The van der Waals surface area contributed by atoms with Crippen molar-refractivity contribution in [1.82, 2.24) is 9.88 Å². The predicted molar refractivity (Wildman–Crippen MR) is 82.7 cm³/mol. The van der Waals surface area contributed by atoms with Crippen molar-refractivity contribution < 1.29 is 4.79 Å². The summed E-state index contributed by atoms with van der Waals surface area (Å²) in [5.74, 6) is 0.116. The minimum Gasteiger partial charge on any atom is -0.337 e. The number of rotatable bonds is 5. The van der Waals surface area contributed by atoms with Crippen LogP contribution in [0.15, 0.2) is 53.6 Å². The normalized spacial score (nSPS) is 10.3. The summed E-state index contributed by atoms with van der Waals surface area (Å²) < 4.78 is 0. The Bertz CT molecular complexity index is 554. The minimum absolute atomic E-state index is 0.116. The molecule has 1 heterocycles. The van der Waals surface area contributed by atoms with E-state index >= 15 is 0 Å². The zero-order chi connectivity index (χ0) is 14.4. The van der Waals surface area contributed by atoms with Crippen LogP contribution in [0.25, 0.3) is 0 Å². The zero-order valence-electron chi connectivity index (χ0n) is 11.5. The van der Waals surface area contributed by atoms with Gasteiger partial charge < -0.3 is 4.90 Å². The fourth-order valence-corrected chi connectivity index (χ4v) is 2.11. The fourth-order valence-electron chi connectivity index (χ4n) is 1.96. The second-order valence-corrected chi connectivity index (χ2v) is 5.09. The van der Waals surface area contributed by atoms with Crippen molar-refractivity contribution in [3.8, 4) is 0 Å². The van der Waals surface area contributed by atoms with E-state index in [9.17, 15) is 4.79 Å². The van der Waals surface area contributed by atoms with E-state index in [-0.39, 0.29) is 5.91 Å². The molecule has 0 N–H and O–H groups in total. The molecule has 3 nitrogen and oxygen atoms in total. The van der Waals surface area contributed by atoms with E-state index in [1.54, 1.807) is 6.20 Å². The van der Waals surface area contributed by atoms with Crippen LogP contribution in [0, 0.1) is 0 Å². The lowest BCUT2D eigenvalue weighted by Crippen LogP contribution is -2.31. The fraction of sp³-hybridized carbons (Fsp3) is 0.250. The predicted octanol–water partition coefficient (Wildman–Crippen LogP) is 2.96. The highest BCUT2D eigenvalue weighted by atomic mass is 32.1. The van der Waals surface area contributed by atoms with Gasteiger partial charge in [-0.05, 0) is 36.8 Å². The molecular weight excluding hydrogens is 268 g/mol. The average molecular weight is 286 g/mol. The molecule has 1 aromatic heterocycles. The molecule has 0 radical (unpaired) electrons. The monoisotopic (exact) mass is 286 g/mol. The van der Waals surface area contributed by atoms with Gasteiger partial charge in [0.15, 0.2) is 0 Å². The number of carbonyl (C=O) groups excluding carboxylic acids is 1. The Morgan fingerprint density at radius 2 is 1.95 bits per heavy atom. The molecule has 0 unspecified atom stereocenters. The maximum atomic E-state index is 12.3. The molecule has 2 rings (SSSR count). The lowest BCUT2D eigenvalue weighted by Gasteiger charge is -2.20. The third kappa shape index (κ3) is 4.10. The Balaban J connectivity index is 2.00. The first-order chi connectivity index (χ1) is 9.69. The number of nitrogens with zero attached hydrogens (tertiary/aromatic N) is 2. The molecule has 0 saturated carbocycles. The molecule has 0 spiro atoms. The number of hydrogen-bond donors (Lipinski definition) is 1. The summed E-state index contributed by atoms with van der Waals surface area (Å²) in [6.45, 7) is 3.22. The largest absolute Gasteiger partial charge is 0.337 e. The zero-order valence-corrected chi connectivity index (χ0v) is 12.4. The number of aromatic nitrogens is 1. The van der Waals surface area contributed by atoms with Gasteiger partial charge in [0.05, 0.1) is 18.7 Å². The first kappa shape index (κ1) is 14.6. The van der Waals surface area contributed by atoms with E-state index in [1.165, 1.54) is 0 Å². The van der Waals surface area contributed by atoms with Gasteiger partial charge in [0, 0.05) is 17.6 Å². The molecule has 0 bridgehead atoms. The SMILES string of the molecule is CCN(Cc1ccccn1)C(=O)Cc1ccc(S)cc1. The Kier molecular flexibility index (Phi) is 5.18. The lowest BCUT2D eigenvalue weighted by molar-refractivity contribution is -0.130. The van der Waals surface area contributed by atoms with Crippen molar-refractivity contribution in [2.24, 2.45) is 0 Å². The molecule has 0 saturated heterocycles. The van der Waals surface area contributed by atoms with Gasteiger partial charge in [-0.15, -0.1) is 12.6 Å². The topological polar surface area (TPSA) is 33.2 Å². The van der Waals surface area contributed by atoms with Gasteiger partial charge in [0.2, 0.25) is 5.91 Å². The van der Waals surface area contributed by atoms with Crippen molar-refractivity contribution in [2.45, 2.75) is 24.8 Å². The average Bonchev–Trinajstić information content (AvgIpc) is 2.48. The van der Waals surface area contributed by atoms with Gasteiger partial charge in [0.1, 0.15) is 0 Å². The van der Waals surface area contributed by atoms with Gasteiger partial charge in [0.25, 0.3) is 0 Å². The number of pyridine rings is 1. The van der Waals surface area contributed by atoms with Crippen LogP contribution < -0.4 is 0 Å². The summed E-state index contributed by atoms with van der Waals surface area (Å²) in [7, 11) is 0. The number of hydrogen-bond acceptors (Lipinski definition) is 3. The molecule has 0 aliphatic carbocycles. The maximum Gasteiger partial charge on any atom is 0.227 e. The molecule has 20 heavy (non-hydrogen) atoms. The summed E-state index contributed by atoms with van der Waals surface area (Å²) in [6.07, 6.45) is 2.16. The number of amides is 1. The van der Waals surface area contributed by atoms with E-state index in [0.29, 0.717) is 19.5 Å². The second-order valence-electron chi connectivity index (χ2n) is 4.57. The number of benzene rings is 1. The van der Waals surface area contributed by atoms with Gasteiger partial charge in [-0.25, -0.2) is 0 Å². The Morgan fingerprint density at radius 1 is 1.20 bits per heavy atom. The van der Waals surface area contributed by atoms with Crippen molar-refractivity contribution in [3.63, 3.8) is 0 Å². The minimum atomic E-state index is 0.116. The van der Waals surface area contributed by atoms with E-state index in [4.69, 9.17) is 0 Å². The third-order valence-corrected chi connectivity index (χ3v) is 3.40. The smallest absolute Gasteiger partial charge is 0.227 e. The van der Waals surface area contributed by atoms with E-state index in [1.807, 2.05) is 54.3 Å². The Hall–Kier alpha value is -1.81. The molecule has 0 atom stereocenters. The Labute approximate surface area is 125 Å². The van der Waals surface area contributed by atoms with Crippen LogP contribution in [0.5, 0.6) is 0 Å². The van der Waals surface area contributed by atoms with Crippen LogP contribution in [0.4, 0.5) is 0 Å². The van der Waals surface area contributed by atoms with Gasteiger partial charge in [-0.2, -0.15) is 0 Å². The second kappa shape index (κ2) is 7.10. The number of thiol groups is 1. The molecule has 0 aliphatic rings. The molecule has 4 heteroatoms. The highest BCUT2D eigenvalue weighted by molar-refractivity contribution is 7.80. The van der Waals surface area contributed by atoms with Crippen LogP contribution >= 0.6 is 12.6 Å². The van der Waals surface area contributed by atoms with Crippen molar-refractivity contribution >= 4 is 18.5 Å². The van der Waals surface area contributed by atoms with Crippen LogP contribution in [-0.4, -0.2) is 22.3 Å². The van der Waals surface area contributed by atoms with Crippen molar-refractivity contribution in [3.05, 3.63) is 59.9 Å². The summed E-state index contributed by atoms with van der Waals surface area (Å²) >= 11 is 4.24. The van der Waals surface area contributed by atoms with Gasteiger partial charge >= 0.3 is 0 Å². The van der Waals surface area contributed by atoms with Crippen molar-refractivity contribution in [2.75, 3.05) is 6.54 Å². The highest BCUT2D eigenvalue weighted by Crippen LogP contribution is 2.10. The molecule has 1 amide bonds. The third-order valence-electron chi connectivity index (χ3n) is 3.11. The van der Waals surface area contributed by atoms with Crippen LogP contribution in [0.2, 0.25) is 0 Å². The van der Waals surface area contributed by atoms with Gasteiger partial charge in [-0.1, -0.05) is 18.2 Å². The van der Waals surface area contributed by atoms with E-state index < -0.39 is 0 Å². The highest BCUT2D eigenvalue weighted by Gasteiger charge is 2.13. The van der Waals surface area contributed by atoms with E-state index in [0.717, 1.165) is 16.2 Å². The lowest BCUT2D eigenvalue weighted by atomic mass is 10.1. The first-order valence-electron chi connectivity index (χ1n) is 6.64. The van der Waals surface area contributed by atoms with Crippen molar-refractivity contribution in [1.29, 1.82) is 0 Å². The molecule has 2 aromatic rings. The summed E-state index contributed by atoms with van der Waals surface area (Å²) in [5, 5.41) is 0. The van der Waals surface area contributed by atoms with Crippen LogP contribution in [0.1, 0.15) is 18.2 Å². The molecule has 0 fully saturated rings. The van der Waals surface area contributed by atoms with Crippen LogP contribution in [0.3, 0.4) is 0 Å². The molecule has 104 valence electrons. The van der Waals surface area contributed by atoms with E-state index in [2.05, 4.69) is 17.6 Å². The summed E-state index contributed by atoms with van der Waals surface area (Å²) in [5.41, 5.74) is 1.92. The molecular formula is C16H18N2OS. The summed E-state index contributed by atoms with van der Waals surface area (Å²) in [4.78, 5) is 19.3. The van der Waals surface area contributed by atoms with Crippen LogP contribution in [-0.2, 0) is 17.8 Å². The van der Waals surface area contributed by atoms with Gasteiger partial charge in [-0.3, -0.25) is 9.78 Å². The first-order valence-corrected chi connectivity index (χ1v) is 7.09. The summed E-state index contributed by atoms with van der Waals surface area (Å²) in [6, 6.07) is 13.4.